The maximum Gasteiger partial charge on any atom is 0.318 e. The van der Waals surface area contributed by atoms with Crippen molar-refractivity contribution in [3.63, 3.8) is 0 Å². The molecule has 4 heteroatoms. The number of Topliss-reactive ketones (excluding diaryl/α,β-unsaturated/α-hetero) is 1. The van der Waals surface area contributed by atoms with Crippen LogP contribution in [-0.4, -0.2) is 17.7 Å². The molecule has 2 bridgehead atoms. The molecule has 4 nitrogen and oxygen atoms in total. The van der Waals surface area contributed by atoms with E-state index in [2.05, 4.69) is 4.74 Å². The lowest BCUT2D eigenvalue weighted by Gasteiger charge is -2.29. The molecule has 0 aromatic carbocycles. The highest BCUT2D eigenvalue weighted by molar-refractivity contribution is 6.05. The van der Waals surface area contributed by atoms with Gasteiger partial charge in [-0.05, 0) is 11.8 Å². The fourth-order valence-corrected chi connectivity index (χ4v) is 3.89. The molecule has 1 heterocycles. The van der Waals surface area contributed by atoms with Crippen molar-refractivity contribution in [2.75, 3.05) is 0 Å². The number of ether oxygens (including phenoxy) is 1. The van der Waals surface area contributed by atoms with Gasteiger partial charge in [0.1, 0.15) is 5.78 Å². The number of hydrogen-bond donors (Lipinski definition) is 0. The Morgan fingerprint density at radius 1 is 1.13 bits per heavy atom. The van der Waals surface area contributed by atoms with E-state index < -0.39 is 23.3 Å². The van der Waals surface area contributed by atoms with E-state index in [9.17, 15) is 14.4 Å². The van der Waals surface area contributed by atoms with E-state index in [1.54, 1.807) is 6.92 Å². The van der Waals surface area contributed by atoms with Crippen molar-refractivity contribution >= 4 is 17.7 Å². The summed E-state index contributed by atoms with van der Waals surface area (Å²) in [5.41, 5.74) is -0.998. The molecule has 1 saturated heterocycles. The molecule has 3 aliphatic rings. The van der Waals surface area contributed by atoms with Gasteiger partial charge in [0.15, 0.2) is 0 Å². The van der Waals surface area contributed by atoms with Crippen molar-refractivity contribution < 1.29 is 19.1 Å². The molecule has 0 aromatic rings. The number of rotatable bonds is 0. The minimum atomic E-state index is -0.650. The molecule has 0 unspecified atom stereocenters. The van der Waals surface area contributed by atoms with Crippen molar-refractivity contribution in [1.82, 2.24) is 0 Å². The number of ketones is 1. The van der Waals surface area contributed by atoms with Gasteiger partial charge in [0.25, 0.3) is 0 Å². The number of esters is 2. The first-order chi connectivity index (χ1) is 6.88. The Bertz CT molecular complexity index is 413. The summed E-state index contributed by atoms with van der Waals surface area (Å²) in [6.07, 6.45) is 1.06. The fourth-order valence-electron chi connectivity index (χ4n) is 3.89. The van der Waals surface area contributed by atoms with Crippen LogP contribution in [0, 0.1) is 22.7 Å². The van der Waals surface area contributed by atoms with Gasteiger partial charge in [0.2, 0.25) is 0 Å². The molecule has 3 rings (SSSR count). The predicted molar refractivity (Wildman–Crippen MR) is 48.5 cm³/mol. The quantitative estimate of drug-likeness (QED) is 0.434. The number of carbonyl (C=O) groups excluding carboxylic acids is 3. The summed E-state index contributed by atoms with van der Waals surface area (Å²) in [6, 6.07) is 0. The number of hydrogen-bond acceptors (Lipinski definition) is 4. The Labute approximate surface area is 87.0 Å². The molecule has 4 atom stereocenters. The largest absolute Gasteiger partial charge is 0.393 e. The summed E-state index contributed by atoms with van der Waals surface area (Å²) in [5, 5.41) is 0. The molecule has 2 aliphatic carbocycles. The van der Waals surface area contributed by atoms with E-state index in [0.717, 1.165) is 0 Å². The van der Waals surface area contributed by atoms with Gasteiger partial charge < -0.3 is 4.74 Å². The topological polar surface area (TPSA) is 60.4 Å². The lowest BCUT2D eigenvalue weighted by molar-refractivity contribution is -0.156. The Kier molecular flexibility index (Phi) is 1.30. The van der Waals surface area contributed by atoms with Crippen molar-refractivity contribution in [1.29, 1.82) is 0 Å². The zero-order valence-corrected chi connectivity index (χ0v) is 8.70. The van der Waals surface area contributed by atoms with Crippen LogP contribution in [0.15, 0.2) is 0 Å². The minimum Gasteiger partial charge on any atom is -0.393 e. The van der Waals surface area contributed by atoms with Gasteiger partial charge in [-0.2, -0.15) is 0 Å². The average molecular weight is 208 g/mol. The monoisotopic (exact) mass is 208 g/mol. The lowest BCUT2D eigenvalue weighted by Crippen LogP contribution is -2.40. The highest BCUT2D eigenvalue weighted by Gasteiger charge is 2.73. The zero-order chi connectivity index (χ0) is 11.0. The predicted octanol–water partition coefficient (Wildman–Crippen LogP) is 0.691. The highest BCUT2D eigenvalue weighted by atomic mass is 16.6. The van der Waals surface area contributed by atoms with E-state index in [4.69, 9.17) is 0 Å². The van der Waals surface area contributed by atoms with E-state index in [1.807, 2.05) is 6.92 Å². The SMILES string of the molecule is C[C@]12CC(=O)[C@](C)(C1)[C@H]1C(=O)OC(=O)[C@H]12. The van der Waals surface area contributed by atoms with Gasteiger partial charge in [0.05, 0.1) is 11.8 Å². The van der Waals surface area contributed by atoms with Crippen LogP contribution < -0.4 is 0 Å². The molecule has 2 saturated carbocycles. The van der Waals surface area contributed by atoms with Crippen LogP contribution in [0.5, 0.6) is 0 Å². The normalized spacial score (nSPS) is 52.3. The summed E-state index contributed by atoms with van der Waals surface area (Å²) >= 11 is 0. The third-order valence-corrected chi connectivity index (χ3v) is 4.45. The maximum absolute atomic E-state index is 11.8. The van der Waals surface area contributed by atoms with Crippen LogP contribution in [0.1, 0.15) is 26.7 Å². The Hall–Kier alpha value is -1.19. The smallest absolute Gasteiger partial charge is 0.318 e. The van der Waals surface area contributed by atoms with Crippen molar-refractivity contribution in [3.05, 3.63) is 0 Å². The van der Waals surface area contributed by atoms with Crippen LogP contribution >= 0.6 is 0 Å². The van der Waals surface area contributed by atoms with E-state index in [1.165, 1.54) is 0 Å². The molecule has 3 fully saturated rings. The second-order valence-corrected chi connectivity index (χ2v) is 5.54. The second kappa shape index (κ2) is 2.15. The number of fused-ring (bicyclic) bond motifs is 5. The number of cyclic esters (lactones) is 2. The molecule has 0 spiro atoms. The highest BCUT2D eigenvalue weighted by Crippen LogP contribution is 2.67. The molecular weight excluding hydrogens is 196 g/mol. The molecule has 0 radical (unpaired) electrons. The summed E-state index contributed by atoms with van der Waals surface area (Å²) in [4.78, 5) is 34.9. The van der Waals surface area contributed by atoms with Gasteiger partial charge in [0, 0.05) is 11.8 Å². The van der Waals surface area contributed by atoms with Gasteiger partial charge in [-0.1, -0.05) is 13.8 Å². The van der Waals surface area contributed by atoms with Crippen molar-refractivity contribution in [2.45, 2.75) is 26.7 Å². The zero-order valence-electron chi connectivity index (χ0n) is 8.70. The van der Waals surface area contributed by atoms with Crippen LogP contribution in [0.4, 0.5) is 0 Å². The Morgan fingerprint density at radius 3 is 2.40 bits per heavy atom. The van der Waals surface area contributed by atoms with Crippen LogP contribution in [-0.2, 0) is 19.1 Å². The fraction of sp³-hybridized carbons (Fsp3) is 0.727. The molecule has 1 aliphatic heterocycles. The van der Waals surface area contributed by atoms with Crippen molar-refractivity contribution in [2.24, 2.45) is 22.7 Å². The van der Waals surface area contributed by atoms with Gasteiger partial charge in [-0.3, -0.25) is 14.4 Å². The van der Waals surface area contributed by atoms with Crippen molar-refractivity contribution in [3.8, 4) is 0 Å². The summed E-state index contributed by atoms with van der Waals surface area (Å²) in [5.74, 6) is -1.71. The molecule has 15 heavy (non-hydrogen) atoms. The second-order valence-electron chi connectivity index (χ2n) is 5.54. The van der Waals surface area contributed by atoms with Gasteiger partial charge >= 0.3 is 11.9 Å². The molecule has 0 aromatic heterocycles. The molecule has 0 amide bonds. The number of carbonyl (C=O) groups is 3. The molecule has 0 N–H and O–H groups in total. The van der Waals surface area contributed by atoms with Crippen LogP contribution in [0.3, 0.4) is 0 Å². The van der Waals surface area contributed by atoms with Crippen LogP contribution in [0.25, 0.3) is 0 Å². The first-order valence-corrected chi connectivity index (χ1v) is 5.17. The summed E-state index contributed by atoms with van der Waals surface area (Å²) in [6.45, 7) is 3.71. The standard InChI is InChI=1S/C11H12O4/c1-10-3-5(12)11(2,4-10)7-6(10)8(13)15-9(7)14/h6-7H,3-4H2,1-2H3/t6-,7+,10-,11-/m0/s1. The Morgan fingerprint density at radius 2 is 1.73 bits per heavy atom. The van der Waals surface area contributed by atoms with E-state index in [0.29, 0.717) is 12.8 Å². The Balaban J connectivity index is 2.18. The first-order valence-electron chi connectivity index (χ1n) is 5.17. The van der Waals surface area contributed by atoms with E-state index in [-0.39, 0.29) is 17.1 Å². The summed E-state index contributed by atoms with van der Waals surface area (Å²) in [7, 11) is 0. The molecule has 80 valence electrons. The van der Waals surface area contributed by atoms with Crippen LogP contribution in [0.2, 0.25) is 0 Å². The van der Waals surface area contributed by atoms with Gasteiger partial charge in [-0.15, -0.1) is 0 Å². The minimum absolute atomic E-state index is 0.109. The first kappa shape index (κ1) is 9.07. The lowest BCUT2D eigenvalue weighted by atomic mass is 9.68. The average Bonchev–Trinajstić information content (AvgIpc) is 2.58. The summed E-state index contributed by atoms with van der Waals surface area (Å²) < 4.78 is 4.66. The third-order valence-electron chi connectivity index (χ3n) is 4.45. The third kappa shape index (κ3) is 0.780. The van der Waals surface area contributed by atoms with E-state index >= 15 is 0 Å². The maximum atomic E-state index is 11.8. The molecular formula is C11H12O4. The van der Waals surface area contributed by atoms with Gasteiger partial charge in [-0.25, -0.2) is 0 Å².